The lowest BCUT2D eigenvalue weighted by atomic mass is 10.2. The van der Waals surface area contributed by atoms with E-state index in [1.807, 2.05) is 54.6 Å². The minimum atomic E-state index is 0.737. The van der Waals surface area contributed by atoms with Gasteiger partial charge in [-0.1, -0.05) is 30.3 Å². The van der Waals surface area contributed by atoms with E-state index in [-0.39, 0.29) is 0 Å². The highest BCUT2D eigenvalue weighted by molar-refractivity contribution is 5.81. The zero-order chi connectivity index (χ0) is 15.6. The highest BCUT2D eigenvalue weighted by Gasteiger charge is 2.06. The van der Waals surface area contributed by atoms with E-state index in [1.165, 1.54) is 5.56 Å². The van der Waals surface area contributed by atoms with Gasteiger partial charge >= 0.3 is 0 Å². The number of aryl methyl sites for hydroxylation is 1. The molecule has 23 heavy (non-hydrogen) atoms. The summed E-state index contributed by atoms with van der Waals surface area (Å²) >= 11 is 0. The van der Waals surface area contributed by atoms with Crippen molar-refractivity contribution in [3.05, 3.63) is 66.7 Å². The molecular weight excluding hydrogens is 288 g/mol. The fraction of sp³-hybridized carbons (Fsp3) is 0.118. The first-order chi connectivity index (χ1) is 11.3. The molecule has 114 valence electrons. The molecule has 0 amide bonds. The maximum Gasteiger partial charge on any atom is 0.132 e. The van der Waals surface area contributed by atoms with Crippen LogP contribution in [0.25, 0.3) is 10.9 Å². The number of fused-ring (bicyclic) bond motifs is 1. The number of hydrogen-bond acceptors (Lipinski definition) is 4. The van der Waals surface area contributed by atoms with Gasteiger partial charge in [0.2, 0.25) is 0 Å². The van der Waals surface area contributed by atoms with Crippen LogP contribution in [-0.2, 0) is 13.6 Å². The van der Waals surface area contributed by atoms with Crippen LogP contribution in [-0.4, -0.2) is 24.5 Å². The zero-order valence-corrected chi connectivity index (χ0v) is 12.7. The van der Waals surface area contributed by atoms with E-state index >= 15 is 0 Å². The number of hydrogen-bond donors (Lipinski definition) is 1. The molecule has 6 nitrogen and oxygen atoms in total. The van der Waals surface area contributed by atoms with E-state index in [2.05, 4.69) is 32.6 Å². The minimum Gasteiger partial charge on any atom is -0.338 e. The van der Waals surface area contributed by atoms with Crippen LogP contribution < -0.4 is 5.32 Å². The average Bonchev–Trinajstić information content (AvgIpc) is 3.15. The molecule has 1 aromatic carbocycles. The Morgan fingerprint density at radius 3 is 2.70 bits per heavy atom. The molecule has 0 aliphatic rings. The number of benzene rings is 1. The molecule has 4 aromatic rings. The van der Waals surface area contributed by atoms with Crippen LogP contribution in [0.5, 0.6) is 0 Å². The van der Waals surface area contributed by atoms with Crippen LogP contribution in [0.15, 0.2) is 61.2 Å². The fourth-order valence-corrected chi connectivity index (χ4v) is 2.56. The van der Waals surface area contributed by atoms with E-state index in [0.717, 1.165) is 29.0 Å². The maximum atomic E-state index is 4.48. The highest BCUT2D eigenvalue weighted by atomic mass is 15.3. The van der Waals surface area contributed by atoms with Gasteiger partial charge in [-0.05, 0) is 5.56 Å². The Bertz CT molecular complexity index is 938. The van der Waals surface area contributed by atoms with Gasteiger partial charge in [0.1, 0.15) is 5.82 Å². The first-order valence-corrected chi connectivity index (χ1v) is 7.39. The fourth-order valence-electron chi connectivity index (χ4n) is 2.56. The maximum absolute atomic E-state index is 4.48. The van der Waals surface area contributed by atoms with Gasteiger partial charge in [-0.15, -0.1) is 0 Å². The SMILES string of the molecule is Cn1cc(Nc2cc3c(cn2)cnn3Cc2ccccc2)cn1. The second kappa shape index (κ2) is 5.57. The molecule has 0 saturated carbocycles. The molecule has 0 unspecified atom stereocenters. The van der Waals surface area contributed by atoms with Gasteiger partial charge in [0, 0.05) is 30.9 Å². The summed E-state index contributed by atoms with van der Waals surface area (Å²) < 4.78 is 3.74. The highest BCUT2D eigenvalue weighted by Crippen LogP contribution is 2.20. The Morgan fingerprint density at radius 1 is 1.04 bits per heavy atom. The number of aromatic nitrogens is 5. The lowest BCUT2D eigenvalue weighted by molar-refractivity contribution is 0.712. The summed E-state index contributed by atoms with van der Waals surface area (Å²) in [6.45, 7) is 0.737. The van der Waals surface area contributed by atoms with Crippen molar-refractivity contribution < 1.29 is 0 Å². The van der Waals surface area contributed by atoms with Gasteiger partial charge in [-0.25, -0.2) is 4.98 Å². The van der Waals surface area contributed by atoms with Gasteiger partial charge < -0.3 is 5.32 Å². The second-order valence-corrected chi connectivity index (χ2v) is 5.44. The lowest BCUT2D eigenvalue weighted by Crippen LogP contribution is -2.01. The monoisotopic (exact) mass is 304 g/mol. The smallest absolute Gasteiger partial charge is 0.132 e. The van der Waals surface area contributed by atoms with Crippen molar-refractivity contribution >= 4 is 22.4 Å². The van der Waals surface area contributed by atoms with Gasteiger partial charge in [-0.3, -0.25) is 9.36 Å². The molecular formula is C17H16N6. The van der Waals surface area contributed by atoms with E-state index in [9.17, 15) is 0 Å². The first kappa shape index (κ1) is 13.5. The summed E-state index contributed by atoms with van der Waals surface area (Å²) in [5.74, 6) is 0.778. The van der Waals surface area contributed by atoms with Gasteiger partial charge in [0.05, 0.1) is 30.1 Å². The molecule has 3 aromatic heterocycles. The molecule has 0 spiro atoms. The van der Waals surface area contributed by atoms with Gasteiger partial charge in [0.15, 0.2) is 0 Å². The summed E-state index contributed by atoms with van der Waals surface area (Å²) in [6.07, 6.45) is 7.36. The largest absolute Gasteiger partial charge is 0.338 e. The first-order valence-electron chi connectivity index (χ1n) is 7.39. The molecule has 1 N–H and O–H groups in total. The third-order valence-corrected chi connectivity index (χ3v) is 3.68. The van der Waals surface area contributed by atoms with Crippen molar-refractivity contribution in [1.82, 2.24) is 24.5 Å². The molecule has 0 aliphatic carbocycles. The number of rotatable bonds is 4. The summed E-state index contributed by atoms with van der Waals surface area (Å²) in [5, 5.41) is 12.9. The van der Waals surface area contributed by atoms with Crippen molar-refractivity contribution in [2.45, 2.75) is 6.54 Å². The van der Waals surface area contributed by atoms with E-state index in [1.54, 1.807) is 10.9 Å². The zero-order valence-electron chi connectivity index (χ0n) is 12.7. The van der Waals surface area contributed by atoms with Crippen LogP contribution in [0, 0.1) is 0 Å². The topological polar surface area (TPSA) is 60.6 Å². The lowest BCUT2D eigenvalue weighted by Gasteiger charge is -2.06. The number of pyridine rings is 1. The molecule has 3 heterocycles. The average molecular weight is 304 g/mol. The van der Waals surface area contributed by atoms with Crippen molar-refractivity contribution in [2.75, 3.05) is 5.32 Å². The molecule has 0 fully saturated rings. The molecule has 0 atom stereocenters. The quantitative estimate of drug-likeness (QED) is 0.629. The van der Waals surface area contributed by atoms with Crippen molar-refractivity contribution in [3.63, 3.8) is 0 Å². The van der Waals surface area contributed by atoms with Crippen LogP contribution in [0.4, 0.5) is 11.5 Å². The van der Waals surface area contributed by atoms with Crippen molar-refractivity contribution in [3.8, 4) is 0 Å². The minimum absolute atomic E-state index is 0.737. The third kappa shape index (κ3) is 2.78. The number of nitrogens with one attached hydrogen (secondary N) is 1. The summed E-state index contributed by atoms with van der Waals surface area (Å²) in [6, 6.07) is 12.3. The Balaban J connectivity index is 1.65. The number of nitrogens with zero attached hydrogens (tertiary/aromatic N) is 5. The van der Waals surface area contributed by atoms with Crippen molar-refractivity contribution in [1.29, 1.82) is 0 Å². The predicted molar refractivity (Wildman–Crippen MR) is 89.6 cm³/mol. The molecule has 6 heteroatoms. The second-order valence-electron chi connectivity index (χ2n) is 5.44. The number of anilines is 2. The molecule has 0 aliphatic heterocycles. The van der Waals surface area contributed by atoms with E-state index < -0.39 is 0 Å². The standard InChI is InChI=1S/C17H16N6/c1-22-12-15(10-19-22)21-17-7-16-14(8-18-17)9-20-23(16)11-13-5-3-2-4-6-13/h2-10,12H,11H2,1H3,(H,18,21). The van der Waals surface area contributed by atoms with Crippen molar-refractivity contribution in [2.24, 2.45) is 7.05 Å². The van der Waals surface area contributed by atoms with Gasteiger partial charge in [0.25, 0.3) is 0 Å². The molecule has 4 rings (SSSR count). The Kier molecular flexibility index (Phi) is 3.27. The summed E-state index contributed by atoms with van der Waals surface area (Å²) in [7, 11) is 1.89. The predicted octanol–water partition coefficient (Wildman–Crippen LogP) is 2.96. The van der Waals surface area contributed by atoms with Crippen LogP contribution >= 0.6 is 0 Å². The molecule has 0 radical (unpaired) electrons. The normalized spacial score (nSPS) is 11.0. The Morgan fingerprint density at radius 2 is 1.91 bits per heavy atom. The molecule has 0 saturated heterocycles. The summed E-state index contributed by atoms with van der Waals surface area (Å²) in [5.41, 5.74) is 3.18. The van der Waals surface area contributed by atoms with Crippen LogP contribution in [0.3, 0.4) is 0 Å². The molecule has 0 bridgehead atoms. The summed E-state index contributed by atoms with van der Waals surface area (Å²) in [4.78, 5) is 4.43. The van der Waals surface area contributed by atoms with Gasteiger partial charge in [-0.2, -0.15) is 10.2 Å². The van der Waals surface area contributed by atoms with E-state index in [0.29, 0.717) is 0 Å². The Hall–Kier alpha value is -3.15. The third-order valence-electron chi connectivity index (χ3n) is 3.68. The van der Waals surface area contributed by atoms with Crippen LogP contribution in [0.1, 0.15) is 5.56 Å². The van der Waals surface area contributed by atoms with Crippen LogP contribution in [0.2, 0.25) is 0 Å². The van der Waals surface area contributed by atoms with E-state index in [4.69, 9.17) is 0 Å². The Labute approximate surface area is 133 Å².